The average Bonchev–Trinajstić information content (AvgIpc) is 3.52. The third-order valence-electron chi connectivity index (χ3n) is 9.82. The van der Waals surface area contributed by atoms with E-state index in [2.05, 4.69) is 180 Å². The maximum atomic E-state index is 5.38. The number of aromatic nitrogens is 3. The number of fused-ring (bicyclic) bond motifs is 7. The van der Waals surface area contributed by atoms with Gasteiger partial charge in [0.15, 0.2) is 0 Å². The zero-order valence-corrected chi connectivity index (χ0v) is 26.6. The van der Waals surface area contributed by atoms with Crippen molar-refractivity contribution in [1.82, 2.24) is 14.5 Å². The lowest BCUT2D eigenvalue weighted by molar-refractivity contribution is 1.02. The second kappa shape index (κ2) is 11.0. The molecule has 0 amide bonds. The standard InChI is InChI=1S/C46H29N3/c1-2-12-30(13-3-1)35-20-10-15-33-16-11-21-36(43(33)35)32-24-26-34(27-25-32)44-40-29-28-31-14-4-5-17-37(31)45(40)48-46(47-44)49-41-22-8-6-18-38(41)39-19-7-9-23-42(39)49/h1-29H. The van der Waals surface area contributed by atoms with Crippen LogP contribution < -0.4 is 0 Å². The van der Waals surface area contributed by atoms with Crippen molar-refractivity contribution < 1.29 is 0 Å². The molecule has 3 heteroatoms. The molecule has 10 rings (SSSR count). The molecule has 0 aliphatic heterocycles. The van der Waals surface area contributed by atoms with Gasteiger partial charge in [-0.25, -0.2) is 9.97 Å². The number of nitrogens with zero attached hydrogens (tertiary/aromatic N) is 3. The second-order valence-corrected chi connectivity index (χ2v) is 12.6. The molecule has 49 heavy (non-hydrogen) atoms. The Hall–Kier alpha value is -6.58. The quantitative estimate of drug-likeness (QED) is 0.183. The van der Waals surface area contributed by atoms with E-state index in [4.69, 9.17) is 9.97 Å². The van der Waals surface area contributed by atoms with Crippen molar-refractivity contribution in [1.29, 1.82) is 0 Å². The first kappa shape index (κ1) is 27.5. The fourth-order valence-corrected chi connectivity index (χ4v) is 7.56. The largest absolute Gasteiger partial charge is 0.278 e. The highest BCUT2D eigenvalue weighted by molar-refractivity contribution is 6.12. The molecule has 0 saturated heterocycles. The molecule has 0 saturated carbocycles. The predicted molar refractivity (Wildman–Crippen MR) is 205 cm³/mol. The van der Waals surface area contributed by atoms with E-state index in [0.29, 0.717) is 5.95 Å². The van der Waals surface area contributed by atoms with E-state index in [-0.39, 0.29) is 0 Å². The van der Waals surface area contributed by atoms with Crippen molar-refractivity contribution in [2.75, 3.05) is 0 Å². The summed E-state index contributed by atoms with van der Waals surface area (Å²) in [7, 11) is 0. The van der Waals surface area contributed by atoms with Crippen LogP contribution in [-0.4, -0.2) is 14.5 Å². The summed E-state index contributed by atoms with van der Waals surface area (Å²) in [6.45, 7) is 0. The number of para-hydroxylation sites is 2. The van der Waals surface area contributed by atoms with Crippen molar-refractivity contribution in [3.05, 3.63) is 176 Å². The summed E-state index contributed by atoms with van der Waals surface area (Å²) in [5.41, 5.74) is 9.95. The molecule has 0 unspecified atom stereocenters. The van der Waals surface area contributed by atoms with Crippen molar-refractivity contribution in [3.8, 4) is 39.5 Å². The molecule has 228 valence electrons. The van der Waals surface area contributed by atoms with Gasteiger partial charge in [-0.1, -0.05) is 158 Å². The third-order valence-corrected chi connectivity index (χ3v) is 9.82. The van der Waals surface area contributed by atoms with Gasteiger partial charge in [-0.15, -0.1) is 0 Å². The van der Waals surface area contributed by atoms with Crippen LogP contribution in [0, 0.1) is 0 Å². The fraction of sp³-hybridized carbons (Fsp3) is 0. The maximum Gasteiger partial charge on any atom is 0.235 e. The van der Waals surface area contributed by atoms with E-state index < -0.39 is 0 Å². The SMILES string of the molecule is c1ccc(-c2cccc3cccc(-c4ccc(-c5nc(-n6c7ccccc7c7ccccc76)nc6c5ccc5ccccc56)cc4)c23)cc1. The van der Waals surface area contributed by atoms with Gasteiger partial charge < -0.3 is 0 Å². The van der Waals surface area contributed by atoms with E-state index in [9.17, 15) is 0 Å². The minimum atomic E-state index is 0.668. The van der Waals surface area contributed by atoms with Gasteiger partial charge >= 0.3 is 0 Å². The molecule has 0 aliphatic carbocycles. The van der Waals surface area contributed by atoms with Gasteiger partial charge in [0.1, 0.15) is 0 Å². The number of benzene rings is 8. The van der Waals surface area contributed by atoms with E-state index in [1.165, 1.54) is 43.8 Å². The van der Waals surface area contributed by atoms with Crippen LogP contribution in [0.1, 0.15) is 0 Å². The lowest BCUT2D eigenvalue weighted by Gasteiger charge is -2.15. The van der Waals surface area contributed by atoms with E-state index in [1.807, 2.05) is 0 Å². The highest BCUT2D eigenvalue weighted by Gasteiger charge is 2.18. The maximum absolute atomic E-state index is 5.38. The van der Waals surface area contributed by atoms with Crippen LogP contribution in [0.5, 0.6) is 0 Å². The minimum Gasteiger partial charge on any atom is -0.278 e. The van der Waals surface area contributed by atoms with Crippen molar-refractivity contribution in [2.45, 2.75) is 0 Å². The topological polar surface area (TPSA) is 30.7 Å². The monoisotopic (exact) mass is 623 g/mol. The Balaban J connectivity index is 1.20. The van der Waals surface area contributed by atoms with Crippen LogP contribution in [0.15, 0.2) is 176 Å². The molecule has 0 fully saturated rings. The minimum absolute atomic E-state index is 0.668. The predicted octanol–water partition coefficient (Wildman–Crippen LogP) is 12.0. The van der Waals surface area contributed by atoms with Crippen molar-refractivity contribution in [2.24, 2.45) is 0 Å². The zero-order chi connectivity index (χ0) is 32.3. The van der Waals surface area contributed by atoms with Gasteiger partial charge in [-0.2, -0.15) is 0 Å². The van der Waals surface area contributed by atoms with Crippen LogP contribution in [0.2, 0.25) is 0 Å². The lowest BCUT2D eigenvalue weighted by atomic mass is 9.91. The molecule has 0 aliphatic rings. The lowest BCUT2D eigenvalue weighted by Crippen LogP contribution is -2.03. The number of hydrogen-bond donors (Lipinski definition) is 0. The summed E-state index contributed by atoms with van der Waals surface area (Å²) in [5.74, 6) is 0.668. The average molecular weight is 624 g/mol. The molecular formula is C46H29N3. The van der Waals surface area contributed by atoms with Gasteiger partial charge in [0.2, 0.25) is 5.95 Å². The number of hydrogen-bond acceptors (Lipinski definition) is 2. The van der Waals surface area contributed by atoms with Crippen molar-refractivity contribution >= 4 is 54.3 Å². The van der Waals surface area contributed by atoms with Gasteiger partial charge in [-0.3, -0.25) is 4.57 Å². The van der Waals surface area contributed by atoms with Crippen LogP contribution in [0.3, 0.4) is 0 Å². The molecule has 0 spiro atoms. The third kappa shape index (κ3) is 4.37. The van der Waals surface area contributed by atoms with Crippen molar-refractivity contribution in [3.63, 3.8) is 0 Å². The molecule has 0 N–H and O–H groups in total. The normalized spacial score (nSPS) is 11.7. The molecule has 2 heterocycles. The summed E-state index contributed by atoms with van der Waals surface area (Å²) >= 11 is 0. The second-order valence-electron chi connectivity index (χ2n) is 12.6. The first-order valence-electron chi connectivity index (χ1n) is 16.7. The molecule has 0 bridgehead atoms. The Kier molecular flexibility index (Phi) is 6.18. The Morgan fingerprint density at radius 1 is 0.347 bits per heavy atom. The van der Waals surface area contributed by atoms with Crippen LogP contribution >= 0.6 is 0 Å². The summed E-state index contributed by atoms with van der Waals surface area (Å²) < 4.78 is 2.21. The van der Waals surface area contributed by atoms with Crippen LogP contribution in [0.25, 0.3) is 93.7 Å². The highest BCUT2D eigenvalue weighted by Crippen LogP contribution is 2.39. The molecule has 0 radical (unpaired) electrons. The Morgan fingerprint density at radius 3 is 1.59 bits per heavy atom. The van der Waals surface area contributed by atoms with Crippen LogP contribution in [0.4, 0.5) is 0 Å². The summed E-state index contributed by atoms with van der Waals surface area (Å²) in [6.07, 6.45) is 0. The Labute approximate surface area is 283 Å². The first-order valence-corrected chi connectivity index (χ1v) is 16.7. The van der Waals surface area contributed by atoms with Crippen LogP contribution in [-0.2, 0) is 0 Å². The van der Waals surface area contributed by atoms with E-state index in [0.717, 1.165) is 44.0 Å². The summed E-state index contributed by atoms with van der Waals surface area (Å²) in [5, 5.41) is 8.18. The van der Waals surface area contributed by atoms with Gasteiger partial charge in [-0.05, 0) is 56.6 Å². The van der Waals surface area contributed by atoms with E-state index >= 15 is 0 Å². The molecular weight excluding hydrogens is 595 g/mol. The zero-order valence-electron chi connectivity index (χ0n) is 26.6. The van der Waals surface area contributed by atoms with Gasteiger partial charge in [0, 0.05) is 27.1 Å². The molecule has 8 aromatic carbocycles. The molecule has 10 aromatic rings. The van der Waals surface area contributed by atoms with Gasteiger partial charge in [0.05, 0.1) is 22.2 Å². The fourth-order valence-electron chi connectivity index (χ4n) is 7.56. The summed E-state index contributed by atoms with van der Waals surface area (Å²) in [4.78, 5) is 10.7. The van der Waals surface area contributed by atoms with E-state index in [1.54, 1.807) is 0 Å². The first-order chi connectivity index (χ1) is 24.3. The Bertz CT molecular complexity index is 2810. The molecule has 0 atom stereocenters. The summed E-state index contributed by atoms with van der Waals surface area (Å²) in [6, 6.07) is 62.6. The smallest absolute Gasteiger partial charge is 0.235 e. The molecule has 2 aromatic heterocycles. The highest BCUT2D eigenvalue weighted by atomic mass is 15.2. The number of rotatable bonds is 4. The van der Waals surface area contributed by atoms with Gasteiger partial charge in [0.25, 0.3) is 0 Å². The molecule has 3 nitrogen and oxygen atoms in total. The Morgan fingerprint density at radius 2 is 0.898 bits per heavy atom.